The lowest BCUT2D eigenvalue weighted by molar-refractivity contribution is 0.0951. The van der Waals surface area contributed by atoms with Crippen molar-refractivity contribution in [1.29, 1.82) is 0 Å². The second-order valence-electron chi connectivity index (χ2n) is 5.53. The minimum atomic E-state index is -0.0304. The number of rotatable bonds is 6. The molecule has 4 nitrogen and oxygen atoms in total. The monoisotopic (exact) mass is 276 g/mol. The van der Waals surface area contributed by atoms with Crippen LogP contribution in [0.2, 0.25) is 0 Å². The molecule has 0 aromatic heterocycles. The van der Waals surface area contributed by atoms with Crippen molar-refractivity contribution in [3.8, 4) is 5.75 Å². The Labute approximate surface area is 120 Å². The van der Waals surface area contributed by atoms with Gasteiger partial charge in [-0.25, -0.2) is 0 Å². The quantitative estimate of drug-likeness (QED) is 0.838. The normalized spacial score (nSPS) is 18.2. The molecule has 0 aliphatic carbocycles. The van der Waals surface area contributed by atoms with E-state index >= 15 is 0 Å². The van der Waals surface area contributed by atoms with Gasteiger partial charge in [0.15, 0.2) is 0 Å². The molecule has 1 aliphatic heterocycles. The zero-order valence-electron chi connectivity index (χ0n) is 12.3. The van der Waals surface area contributed by atoms with Crippen LogP contribution in [-0.2, 0) is 0 Å². The van der Waals surface area contributed by atoms with Gasteiger partial charge in [-0.1, -0.05) is 6.07 Å². The zero-order valence-corrected chi connectivity index (χ0v) is 12.3. The third kappa shape index (κ3) is 4.53. The summed E-state index contributed by atoms with van der Waals surface area (Å²) in [7, 11) is 0. The fraction of sp³-hybridized carbons (Fsp3) is 0.562. The van der Waals surface area contributed by atoms with Gasteiger partial charge >= 0.3 is 0 Å². The van der Waals surface area contributed by atoms with Crippen LogP contribution in [0.5, 0.6) is 5.75 Å². The van der Waals surface area contributed by atoms with E-state index in [-0.39, 0.29) is 12.0 Å². The van der Waals surface area contributed by atoms with Crippen molar-refractivity contribution >= 4 is 5.91 Å². The maximum absolute atomic E-state index is 12.1. The highest BCUT2D eigenvalue weighted by atomic mass is 16.5. The number of hydrogen-bond acceptors (Lipinski definition) is 3. The first kappa shape index (κ1) is 14.9. The molecule has 4 heteroatoms. The number of carbonyl (C=O) groups excluding carboxylic acids is 1. The number of nitrogens with one attached hydrogen (secondary N) is 2. The molecule has 0 unspecified atom stereocenters. The molecule has 110 valence electrons. The van der Waals surface area contributed by atoms with Crippen LogP contribution in [0, 0.1) is 0 Å². The average Bonchev–Trinajstić information content (AvgIpc) is 2.91. The van der Waals surface area contributed by atoms with Crippen LogP contribution in [0.1, 0.15) is 43.5 Å². The van der Waals surface area contributed by atoms with Gasteiger partial charge in [0.25, 0.3) is 5.91 Å². The Kier molecular flexibility index (Phi) is 5.41. The molecule has 0 bridgehead atoms. The first-order chi connectivity index (χ1) is 9.65. The Morgan fingerprint density at radius 1 is 1.50 bits per heavy atom. The summed E-state index contributed by atoms with van der Waals surface area (Å²) in [6.07, 6.45) is 3.57. The van der Waals surface area contributed by atoms with Crippen LogP contribution in [0.15, 0.2) is 24.3 Å². The molecule has 0 radical (unpaired) electrons. The SMILES string of the molecule is CC(C)Oc1cccc(C(=O)NCC[C@H]2CCCN2)c1. The van der Waals surface area contributed by atoms with Gasteiger partial charge in [-0.15, -0.1) is 0 Å². The van der Waals surface area contributed by atoms with Gasteiger partial charge in [0.2, 0.25) is 0 Å². The number of carbonyl (C=O) groups is 1. The average molecular weight is 276 g/mol. The molecular weight excluding hydrogens is 252 g/mol. The van der Waals surface area contributed by atoms with Gasteiger partial charge in [0.1, 0.15) is 5.75 Å². The van der Waals surface area contributed by atoms with Crippen molar-refractivity contribution in [2.45, 2.75) is 45.3 Å². The molecule has 1 aromatic rings. The summed E-state index contributed by atoms with van der Waals surface area (Å²) in [6.45, 7) is 5.77. The molecule has 2 rings (SSSR count). The van der Waals surface area contributed by atoms with E-state index in [2.05, 4.69) is 10.6 Å². The lowest BCUT2D eigenvalue weighted by atomic mass is 10.1. The van der Waals surface area contributed by atoms with E-state index in [0.717, 1.165) is 18.7 Å². The molecule has 1 saturated heterocycles. The van der Waals surface area contributed by atoms with Crippen LogP contribution < -0.4 is 15.4 Å². The third-order valence-corrected chi connectivity index (χ3v) is 3.41. The predicted octanol–water partition coefficient (Wildman–Crippen LogP) is 2.35. The van der Waals surface area contributed by atoms with Crippen LogP contribution in [0.25, 0.3) is 0 Å². The van der Waals surface area contributed by atoms with Gasteiger partial charge in [0, 0.05) is 18.2 Å². The first-order valence-electron chi connectivity index (χ1n) is 7.43. The lowest BCUT2D eigenvalue weighted by Gasteiger charge is -2.12. The van der Waals surface area contributed by atoms with E-state index in [1.807, 2.05) is 32.0 Å². The summed E-state index contributed by atoms with van der Waals surface area (Å²) < 4.78 is 5.60. The second kappa shape index (κ2) is 7.29. The maximum atomic E-state index is 12.1. The molecule has 0 spiro atoms. The number of benzene rings is 1. The molecule has 1 atom stereocenters. The summed E-state index contributed by atoms with van der Waals surface area (Å²) in [5.41, 5.74) is 0.655. The van der Waals surface area contributed by atoms with Gasteiger partial charge in [-0.3, -0.25) is 4.79 Å². The number of amides is 1. The molecule has 1 aromatic carbocycles. The maximum Gasteiger partial charge on any atom is 0.251 e. The Balaban J connectivity index is 1.81. The van der Waals surface area contributed by atoms with Crippen molar-refractivity contribution in [3.05, 3.63) is 29.8 Å². The van der Waals surface area contributed by atoms with E-state index in [0.29, 0.717) is 18.2 Å². The molecule has 1 aliphatic rings. The Morgan fingerprint density at radius 2 is 2.35 bits per heavy atom. The van der Waals surface area contributed by atoms with E-state index in [4.69, 9.17) is 4.74 Å². The second-order valence-corrected chi connectivity index (χ2v) is 5.53. The summed E-state index contributed by atoms with van der Waals surface area (Å²) in [5.74, 6) is 0.710. The van der Waals surface area contributed by atoms with Gasteiger partial charge in [-0.2, -0.15) is 0 Å². The topological polar surface area (TPSA) is 50.4 Å². The van der Waals surface area contributed by atoms with Crippen molar-refractivity contribution in [2.75, 3.05) is 13.1 Å². The van der Waals surface area contributed by atoms with Crippen molar-refractivity contribution < 1.29 is 9.53 Å². The zero-order chi connectivity index (χ0) is 14.4. The molecule has 1 heterocycles. The third-order valence-electron chi connectivity index (χ3n) is 3.41. The van der Waals surface area contributed by atoms with E-state index in [9.17, 15) is 4.79 Å². The van der Waals surface area contributed by atoms with Crippen molar-refractivity contribution in [2.24, 2.45) is 0 Å². The van der Waals surface area contributed by atoms with Gasteiger partial charge in [0.05, 0.1) is 6.10 Å². The highest BCUT2D eigenvalue weighted by molar-refractivity contribution is 5.94. The van der Waals surface area contributed by atoms with Gasteiger partial charge < -0.3 is 15.4 Å². The van der Waals surface area contributed by atoms with E-state index in [1.54, 1.807) is 6.07 Å². The van der Waals surface area contributed by atoms with Gasteiger partial charge in [-0.05, 0) is 57.9 Å². The van der Waals surface area contributed by atoms with Crippen LogP contribution >= 0.6 is 0 Å². The van der Waals surface area contributed by atoms with Crippen LogP contribution in [0.4, 0.5) is 0 Å². The van der Waals surface area contributed by atoms with Crippen molar-refractivity contribution in [3.63, 3.8) is 0 Å². The summed E-state index contributed by atoms with van der Waals surface area (Å²) in [6, 6.07) is 7.90. The molecule has 1 fully saturated rings. The highest BCUT2D eigenvalue weighted by Crippen LogP contribution is 2.15. The number of hydrogen-bond donors (Lipinski definition) is 2. The summed E-state index contributed by atoms with van der Waals surface area (Å²) >= 11 is 0. The Morgan fingerprint density at radius 3 is 3.05 bits per heavy atom. The Hall–Kier alpha value is -1.55. The lowest BCUT2D eigenvalue weighted by Crippen LogP contribution is -2.30. The summed E-state index contributed by atoms with van der Waals surface area (Å²) in [4.78, 5) is 12.1. The van der Waals surface area contributed by atoms with E-state index in [1.165, 1.54) is 12.8 Å². The molecule has 2 N–H and O–H groups in total. The minimum Gasteiger partial charge on any atom is -0.491 e. The molecule has 20 heavy (non-hydrogen) atoms. The largest absolute Gasteiger partial charge is 0.491 e. The van der Waals surface area contributed by atoms with E-state index < -0.39 is 0 Å². The number of ether oxygens (including phenoxy) is 1. The smallest absolute Gasteiger partial charge is 0.251 e. The van der Waals surface area contributed by atoms with Crippen LogP contribution in [-0.4, -0.2) is 31.1 Å². The highest BCUT2D eigenvalue weighted by Gasteiger charge is 2.14. The van der Waals surface area contributed by atoms with Crippen LogP contribution in [0.3, 0.4) is 0 Å². The minimum absolute atomic E-state index is 0.0304. The fourth-order valence-electron chi connectivity index (χ4n) is 2.45. The molecule has 0 saturated carbocycles. The van der Waals surface area contributed by atoms with Crippen molar-refractivity contribution in [1.82, 2.24) is 10.6 Å². The predicted molar refractivity (Wildman–Crippen MR) is 80.2 cm³/mol. The molecule has 1 amide bonds. The molecular formula is C16H24N2O2. The first-order valence-corrected chi connectivity index (χ1v) is 7.43. The fourth-order valence-corrected chi connectivity index (χ4v) is 2.45. The summed E-state index contributed by atoms with van der Waals surface area (Å²) in [5, 5.41) is 6.40. The Bertz CT molecular complexity index is 440. The standard InChI is InChI=1S/C16H24N2O2/c1-12(2)20-15-7-3-5-13(11-15)16(19)18-10-8-14-6-4-9-17-14/h3,5,7,11-12,14,17H,4,6,8-10H2,1-2H3,(H,18,19)/t14-/m1/s1.